The molecule has 2 aromatic rings. The molecule has 1 saturated carbocycles. The first kappa shape index (κ1) is 14.6. The van der Waals surface area contributed by atoms with Crippen molar-refractivity contribution in [2.24, 2.45) is 5.92 Å². The molecule has 1 atom stereocenters. The summed E-state index contributed by atoms with van der Waals surface area (Å²) in [6, 6.07) is 3.00. The normalized spacial score (nSPS) is 21.7. The highest BCUT2D eigenvalue weighted by molar-refractivity contribution is 5.05. The molecule has 122 valence electrons. The Morgan fingerprint density at radius 2 is 2.04 bits per heavy atom. The molecule has 1 aliphatic heterocycles. The van der Waals surface area contributed by atoms with Gasteiger partial charge in [-0.2, -0.15) is 5.10 Å². The van der Waals surface area contributed by atoms with Crippen LogP contribution in [0.5, 0.6) is 6.01 Å². The van der Waals surface area contributed by atoms with Gasteiger partial charge >= 0.3 is 6.01 Å². The summed E-state index contributed by atoms with van der Waals surface area (Å²) >= 11 is 0. The van der Waals surface area contributed by atoms with Crippen LogP contribution in [0.1, 0.15) is 30.5 Å². The predicted octanol–water partition coefficient (Wildman–Crippen LogP) is 2.04. The Morgan fingerprint density at radius 3 is 2.83 bits per heavy atom. The lowest BCUT2D eigenvalue weighted by molar-refractivity contribution is 0.115. The third-order valence-electron chi connectivity index (χ3n) is 4.71. The van der Waals surface area contributed by atoms with Crippen molar-refractivity contribution >= 4 is 0 Å². The summed E-state index contributed by atoms with van der Waals surface area (Å²) in [6.45, 7) is 5.69. The van der Waals surface area contributed by atoms with E-state index in [9.17, 15) is 0 Å². The smallest absolute Gasteiger partial charge is 0.316 e. The maximum atomic E-state index is 5.87. The van der Waals surface area contributed by atoms with Crippen LogP contribution in [0.15, 0.2) is 24.7 Å². The molecular formula is C17H23N5O. The molecule has 0 spiro atoms. The summed E-state index contributed by atoms with van der Waals surface area (Å²) in [7, 11) is 0. The van der Waals surface area contributed by atoms with Gasteiger partial charge in [-0.3, -0.25) is 9.58 Å². The number of fused-ring (bicyclic) bond motifs is 1. The van der Waals surface area contributed by atoms with Crippen LogP contribution in [0.3, 0.4) is 0 Å². The van der Waals surface area contributed by atoms with Gasteiger partial charge in [0.1, 0.15) is 6.61 Å². The van der Waals surface area contributed by atoms with E-state index in [2.05, 4.69) is 30.7 Å². The van der Waals surface area contributed by atoms with Gasteiger partial charge in [0.2, 0.25) is 0 Å². The van der Waals surface area contributed by atoms with Gasteiger partial charge < -0.3 is 4.74 Å². The number of aromatic nitrogens is 4. The van der Waals surface area contributed by atoms with Gasteiger partial charge in [0.15, 0.2) is 0 Å². The molecule has 0 amide bonds. The fourth-order valence-electron chi connectivity index (χ4n) is 3.15. The molecule has 6 heteroatoms. The van der Waals surface area contributed by atoms with E-state index < -0.39 is 0 Å². The zero-order valence-corrected chi connectivity index (χ0v) is 13.6. The Hall–Kier alpha value is -1.95. The molecule has 0 bridgehead atoms. The molecule has 1 unspecified atom stereocenters. The second kappa shape index (κ2) is 6.28. The largest absolute Gasteiger partial charge is 0.462 e. The molecule has 2 aliphatic rings. The van der Waals surface area contributed by atoms with Crippen LogP contribution in [0.25, 0.3) is 0 Å². The van der Waals surface area contributed by atoms with Crippen molar-refractivity contribution in [3.05, 3.63) is 35.9 Å². The maximum absolute atomic E-state index is 5.87. The standard InChI is InChI=1S/C17H23N5O/c1-13-8-18-17(19-9-13)23-12-16-5-7-22-15(4-6-20-22)11-21(16)10-14-2-3-14/h4,6,8-9,14,16H,2-3,5,7,10-12H2,1H3. The highest BCUT2D eigenvalue weighted by Gasteiger charge is 2.31. The first-order valence-corrected chi connectivity index (χ1v) is 8.44. The molecule has 1 fully saturated rings. The molecular weight excluding hydrogens is 290 g/mol. The number of ether oxygens (including phenoxy) is 1. The number of nitrogens with zero attached hydrogens (tertiary/aromatic N) is 5. The molecule has 3 heterocycles. The Bertz CT molecular complexity index is 649. The summed E-state index contributed by atoms with van der Waals surface area (Å²) in [5.41, 5.74) is 2.35. The van der Waals surface area contributed by atoms with E-state index >= 15 is 0 Å². The summed E-state index contributed by atoms with van der Waals surface area (Å²) < 4.78 is 8.00. The summed E-state index contributed by atoms with van der Waals surface area (Å²) in [4.78, 5) is 11.1. The Kier molecular flexibility index (Phi) is 3.99. The Balaban J connectivity index is 1.44. The lowest BCUT2D eigenvalue weighted by atomic mass is 10.1. The predicted molar refractivity (Wildman–Crippen MR) is 86.0 cm³/mol. The average Bonchev–Trinajstić information content (AvgIpc) is 3.30. The number of aryl methyl sites for hydroxylation is 2. The van der Waals surface area contributed by atoms with Crippen LogP contribution in [0, 0.1) is 12.8 Å². The SMILES string of the molecule is Cc1cnc(OCC2CCn3nccc3CN2CC2CC2)nc1. The van der Waals surface area contributed by atoms with Crippen LogP contribution in [0.4, 0.5) is 0 Å². The van der Waals surface area contributed by atoms with Gasteiger partial charge in [0, 0.05) is 44.3 Å². The Labute approximate surface area is 136 Å². The molecule has 4 rings (SSSR count). The second-order valence-electron chi connectivity index (χ2n) is 6.71. The lowest BCUT2D eigenvalue weighted by Crippen LogP contribution is -2.39. The van der Waals surface area contributed by atoms with Gasteiger partial charge in [-0.05, 0) is 43.7 Å². The zero-order chi connectivity index (χ0) is 15.6. The fourth-order valence-corrected chi connectivity index (χ4v) is 3.15. The van der Waals surface area contributed by atoms with Gasteiger partial charge in [0.05, 0.1) is 5.69 Å². The molecule has 23 heavy (non-hydrogen) atoms. The van der Waals surface area contributed by atoms with Crippen molar-refractivity contribution in [2.75, 3.05) is 13.2 Å². The van der Waals surface area contributed by atoms with Crippen LogP contribution in [0.2, 0.25) is 0 Å². The lowest BCUT2D eigenvalue weighted by Gasteiger charge is -2.29. The van der Waals surface area contributed by atoms with E-state index in [0.29, 0.717) is 18.7 Å². The third-order valence-corrected chi connectivity index (χ3v) is 4.71. The fraction of sp³-hybridized carbons (Fsp3) is 0.588. The van der Waals surface area contributed by atoms with Crippen molar-refractivity contribution in [1.29, 1.82) is 0 Å². The van der Waals surface area contributed by atoms with Crippen LogP contribution < -0.4 is 4.74 Å². The highest BCUT2D eigenvalue weighted by Crippen LogP contribution is 2.32. The van der Waals surface area contributed by atoms with Crippen molar-refractivity contribution in [3.8, 4) is 6.01 Å². The summed E-state index contributed by atoms with van der Waals surface area (Å²) in [6.07, 6.45) is 9.28. The van der Waals surface area contributed by atoms with Gasteiger partial charge in [0.25, 0.3) is 0 Å². The Morgan fingerprint density at radius 1 is 1.22 bits per heavy atom. The topological polar surface area (TPSA) is 56.1 Å². The summed E-state index contributed by atoms with van der Waals surface area (Å²) in [5.74, 6) is 0.864. The third kappa shape index (κ3) is 3.52. The van der Waals surface area contributed by atoms with Crippen LogP contribution in [-0.4, -0.2) is 43.8 Å². The molecule has 0 saturated heterocycles. The number of rotatable bonds is 5. The van der Waals surface area contributed by atoms with E-state index in [-0.39, 0.29) is 0 Å². The zero-order valence-electron chi connectivity index (χ0n) is 13.6. The highest BCUT2D eigenvalue weighted by atomic mass is 16.5. The molecule has 6 nitrogen and oxygen atoms in total. The summed E-state index contributed by atoms with van der Waals surface area (Å²) in [5, 5.41) is 4.43. The van der Waals surface area contributed by atoms with E-state index in [0.717, 1.165) is 37.5 Å². The number of hydrogen-bond donors (Lipinski definition) is 0. The average molecular weight is 313 g/mol. The minimum absolute atomic E-state index is 0.391. The number of hydrogen-bond acceptors (Lipinski definition) is 5. The van der Waals surface area contributed by atoms with Crippen molar-refractivity contribution in [3.63, 3.8) is 0 Å². The first-order chi connectivity index (χ1) is 11.3. The first-order valence-electron chi connectivity index (χ1n) is 8.44. The quantitative estimate of drug-likeness (QED) is 0.845. The monoisotopic (exact) mass is 313 g/mol. The van der Waals surface area contributed by atoms with E-state index in [4.69, 9.17) is 4.74 Å². The molecule has 0 aromatic carbocycles. The van der Waals surface area contributed by atoms with Crippen LogP contribution in [-0.2, 0) is 13.1 Å². The van der Waals surface area contributed by atoms with Crippen molar-refractivity contribution in [1.82, 2.24) is 24.6 Å². The molecule has 2 aromatic heterocycles. The second-order valence-corrected chi connectivity index (χ2v) is 6.71. The van der Waals surface area contributed by atoms with E-state index in [1.807, 2.05) is 13.1 Å². The van der Waals surface area contributed by atoms with Crippen molar-refractivity contribution < 1.29 is 4.74 Å². The maximum Gasteiger partial charge on any atom is 0.316 e. The van der Waals surface area contributed by atoms with E-state index in [1.54, 1.807) is 12.4 Å². The minimum Gasteiger partial charge on any atom is -0.462 e. The van der Waals surface area contributed by atoms with Crippen molar-refractivity contribution in [2.45, 2.75) is 45.3 Å². The molecule has 0 radical (unpaired) electrons. The minimum atomic E-state index is 0.391. The van der Waals surface area contributed by atoms with E-state index in [1.165, 1.54) is 18.5 Å². The molecule has 0 N–H and O–H groups in total. The van der Waals surface area contributed by atoms with Gasteiger partial charge in [-0.1, -0.05) is 0 Å². The van der Waals surface area contributed by atoms with Gasteiger partial charge in [-0.25, -0.2) is 9.97 Å². The van der Waals surface area contributed by atoms with Gasteiger partial charge in [-0.15, -0.1) is 0 Å². The van der Waals surface area contributed by atoms with Crippen LogP contribution >= 0.6 is 0 Å². The molecule has 1 aliphatic carbocycles.